The number of likely N-dealkylation sites (tertiary alicyclic amines) is 1. The number of aliphatic hydroxyl groups excluding tert-OH is 1. The standard InChI is InChI=1S/C18H28N4O2/c1-2-19-18(22-10-9-15(23)13-22)21-12-14-7-8-17(20-11-14)24-16-5-3-4-6-16/h7-8,11,15-16,23H,2-6,9-10,12-13H2,1H3,(H,19,21)/t15-/m1/s1. The number of aliphatic imine (C=N–C) groups is 1. The minimum Gasteiger partial charge on any atom is -0.474 e. The lowest BCUT2D eigenvalue weighted by Crippen LogP contribution is -2.40. The zero-order valence-electron chi connectivity index (χ0n) is 14.4. The Balaban J connectivity index is 1.57. The Morgan fingerprint density at radius 1 is 1.38 bits per heavy atom. The molecule has 3 rings (SSSR count). The van der Waals surface area contributed by atoms with Crippen LogP contribution in [0, 0.1) is 0 Å². The number of ether oxygens (including phenoxy) is 1. The van der Waals surface area contributed by atoms with Crippen molar-refractivity contribution in [3.05, 3.63) is 23.9 Å². The molecule has 1 saturated heterocycles. The molecule has 6 heteroatoms. The first-order valence-corrected chi connectivity index (χ1v) is 9.07. The molecule has 0 amide bonds. The third kappa shape index (κ3) is 4.60. The second-order valence-corrected chi connectivity index (χ2v) is 6.59. The average Bonchev–Trinajstić information content (AvgIpc) is 3.24. The predicted molar refractivity (Wildman–Crippen MR) is 94.1 cm³/mol. The van der Waals surface area contributed by atoms with E-state index in [-0.39, 0.29) is 6.10 Å². The maximum Gasteiger partial charge on any atom is 0.213 e. The summed E-state index contributed by atoms with van der Waals surface area (Å²) in [5.74, 6) is 1.57. The van der Waals surface area contributed by atoms with E-state index >= 15 is 0 Å². The van der Waals surface area contributed by atoms with Gasteiger partial charge in [0.15, 0.2) is 5.96 Å². The van der Waals surface area contributed by atoms with Gasteiger partial charge in [0.25, 0.3) is 0 Å². The molecule has 0 unspecified atom stereocenters. The number of aliphatic hydroxyl groups is 1. The fraction of sp³-hybridized carbons (Fsp3) is 0.667. The van der Waals surface area contributed by atoms with E-state index in [9.17, 15) is 5.11 Å². The molecule has 1 aliphatic heterocycles. The summed E-state index contributed by atoms with van der Waals surface area (Å²) in [5, 5.41) is 13.0. The molecule has 6 nitrogen and oxygen atoms in total. The van der Waals surface area contributed by atoms with Gasteiger partial charge in [-0.05, 0) is 44.6 Å². The van der Waals surface area contributed by atoms with Crippen molar-refractivity contribution < 1.29 is 9.84 Å². The number of pyridine rings is 1. The summed E-state index contributed by atoms with van der Waals surface area (Å²) in [6.07, 6.45) is 7.54. The van der Waals surface area contributed by atoms with E-state index in [1.54, 1.807) is 0 Å². The fourth-order valence-electron chi connectivity index (χ4n) is 3.28. The molecule has 24 heavy (non-hydrogen) atoms. The lowest BCUT2D eigenvalue weighted by molar-refractivity contribution is 0.187. The van der Waals surface area contributed by atoms with Crippen LogP contribution in [-0.2, 0) is 6.54 Å². The Morgan fingerprint density at radius 2 is 2.21 bits per heavy atom. The highest BCUT2D eigenvalue weighted by Gasteiger charge is 2.22. The van der Waals surface area contributed by atoms with Gasteiger partial charge < -0.3 is 20.1 Å². The quantitative estimate of drug-likeness (QED) is 0.637. The maximum absolute atomic E-state index is 9.70. The second kappa shape index (κ2) is 8.33. The number of β-amino-alcohol motifs (C(OH)–C–C–N with tert-alkyl or cyclic N) is 1. The van der Waals surface area contributed by atoms with Gasteiger partial charge in [-0.25, -0.2) is 9.98 Å². The van der Waals surface area contributed by atoms with Gasteiger partial charge in [-0.15, -0.1) is 0 Å². The largest absolute Gasteiger partial charge is 0.474 e. The van der Waals surface area contributed by atoms with E-state index in [0.29, 0.717) is 25.1 Å². The minimum absolute atomic E-state index is 0.248. The van der Waals surface area contributed by atoms with Crippen LogP contribution < -0.4 is 10.1 Å². The van der Waals surface area contributed by atoms with E-state index in [1.807, 2.05) is 18.3 Å². The molecule has 1 aromatic rings. The number of hydrogen-bond donors (Lipinski definition) is 2. The molecule has 0 aromatic carbocycles. The highest BCUT2D eigenvalue weighted by Crippen LogP contribution is 2.23. The van der Waals surface area contributed by atoms with Crippen LogP contribution in [-0.4, -0.2) is 52.8 Å². The van der Waals surface area contributed by atoms with Gasteiger partial charge in [0.05, 0.1) is 12.6 Å². The average molecular weight is 332 g/mol. The van der Waals surface area contributed by atoms with Crippen LogP contribution >= 0.6 is 0 Å². The molecule has 2 fully saturated rings. The van der Waals surface area contributed by atoms with E-state index in [2.05, 4.69) is 27.1 Å². The van der Waals surface area contributed by atoms with Crippen LogP contribution in [0.4, 0.5) is 0 Å². The Bertz CT molecular complexity index is 540. The molecule has 1 atom stereocenters. The molecule has 0 spiro atoms. The topological polar surface area (TPSA) is 70.0 Å². The van der Waals surface area contributed by atoms with Gasteiger partial charge in [0, 0.05) is 31.9 Å². The first-order chi connectivity index (χ1) is 11.7. The Hall–Kier alpha value is -1.82. The number of guanidine groups is 1. The number of aromatic nitrogens is 1. The van der Waals surface area contributed by atoms with E-state index in [0.717, 1.165) is 43.9 Å². The first-order valence-electron chi connectivity index (χ1n) is 9.07. The van der Waals surface area contributed by atoms with Gasteiger partial charge >= 0.3 is 0 Å². The van der Waals surface area contributed by atoms with Crippen LogP contribution in [0.3, 0.4) is 0 Å². The summed E-state index contributed by atoms with van der Waals surface area (Å²) in [4.78, 5) is 11.2. The van der Waals surface area contributed by atoms with E-state index in [4.69, 9.17) is 4.74 Å². The van der Waals surface area contributed by atoms with Crippen molar-refractivity contribution in [3.8, 4) is 5.88 Å². The van der Waals surface area contributed by atoms with Crippen molar-refractivity contribution in [3.63, 3.8) is 0 Å². The number of nitrogens with zero attached hydrogens (tertiary/aromatic N) is 3. The molecule has 132 valence electrons. The summed E-state index contributed by atoms with van der Waals surface area (Å²) in [5.41, 5.74) is 1.06. The number of rotatable bonds is 5. The van der Waals surface area contributed by atoms with Gasteiger partial charge in [-0.3, -0.25) is 0 Å². The predicted octanol–water partition coefficient (Wildman–Crippen LogP) is 1.94. The summed E-state index contributed by atoms with van der Waals surface area (Å²) >= 11 is 0. The molecule has 2 heterocycles. The summed E-state index contributed by atoms with van der Waals surface area (Å²) in [6.45, 7) is 4.94. The van der Waals surface area contributed by atoms with E-state index < -0.39 is 0 Å². The molecule has 2 aliphatic rings. The van der Waals surface area contributed by atoms with Crippen molar-refractivity contribution in [1.82, 2.24) is 15.2 Å². The molecule has 0 bridgehead atoms. The lowest BCUT2D eigenvalue weighted by atomic mass is 10.3. The molecule has 2 N–H and O–H groups in total. The molecular formula is C18H28N4O2. The van der Waals surface area contributed by atoms with Crippen molar-refractivity contribution in [2.45, 2.75) is 57.8 Å². The summed E-state index contributed by atoms with van der Waals surface area (Å²) in [7, 11) is 0. The summed E-state index contributed by atoms with van der Waals surface area (Å²) in [6, 6.07) is 3.97. The van der Waals surface area contributed by atoms with Crippen molar-refractivity contribution in [2.24, 2.45) is 4.99 Å². The highest BCUT2D eigenvalue weighted by molar-refractivity contribution is 5.80. The van der Waals surface area contributed by atoms with Crippen molar-refractivity contribution >= 4 is 5.96 Å². The van der Waals surface area contributed by atoms with Gasteiger partial charge in [-0.1, -0.05) is 6.07 Å². The van der Waals surface area contributed by atoms with Crippen LogP contribution in [0.5, 0.6) is 5.88 Å². The molecule has 0 radical (unpaired) electrons. The molecule has 1 aromatic heterocycles. The zero-order chi connectivity index (χ0) is 16.8. The number of hydrogen-bond acceptors (Lipinski definition) is 4. The van der Waals surface area contributed by atoms with Crippen LogP contribution in [0.2, 0.25) is 0 Å². The third-order valence-corrected chi connectivity index (χ3v) is 4.60. The lowest BCUT2D eigenvalue weighted by Gasteiger charge is -2.20. The summed E-state index contributed by atoms with van der Waals surface area (Å²) < 4.78 is 5.89. The third-order valence-electron chi connectivity index (χ3n) is 4.60. The van der Waals surface area contributed by atoms with Gasteiger partial charge in [0.2, 0.25) is 5.88 Å². The van der Waals surface area contributed by atoms with Crippen LogP contribution in [0.15, 0.2) is 23.3 Å². The minimum atomic E-state index is -0.248. The smallest absolute Gasteiger partial charge is 0.213 e. The molecule has 1 saturated carbocycles. The SMILES string of the molecule is CCNC(=NCc1ccc(OC2CCCC2)nc1)N1CC[C@@H](O)C1. The second-order valence-electron chi connectivity index (χ2n) is 6.59. The van der Waals surface area contributed by atoms with Crippen molar-refractivity contribution in [1.29, 1.82) is 0 Å². The monoisotopic (exact) mass is 332 g/mol. The maximum atomic E-state index is 9.70. The van der Waals surface area contributed by atoms with Crippen molar-refractivity contribution in [2.75, 3.05) is 19.6 Å². The normalized spacial score (nSPS) is 22.2. The Kier molecular flexibility index (Phi) is 5.91. The molecular weight excluding hydrogens is 304 g/mol. The van der Waals surface area contributed by atoms with Gasteiger partial charge in [0.1, 0.15) is 6.10 Å². The first kappa shape index (κ1) is 17.0. The zero-order valence-corrected chi connectivity index (χ0v) is 14.4. The van der Waals surface area contributed by atoms with E-state index in [1.165, 1.54) is 12.8 Å². The Morgan fingerprint density at radius 3 is 2.83 bits per heavy atom. The van der Waals surface area contributed by atoms with Crippen LogP contribution in [0.1, 0.15) is 44.6 Å². The van der Waals surface area contributed by atoms with Crippen LogP contribution in [0.25, 0.3) is 0 Å². The fourth-order valence-corrected chi connectivity index (χ4v) is 3.28. The number of nitrogens with one attached hydrogen (secondary N) is 1. The highest BCUT2D eigenvalue weighted by atomic mass is 16.5. The van der Waals surface area contributed by atoms with Gasteiger partial charge in [-0.2, -0.15) is 0 Å². The molecule has 1 aliphatic carbocycles. The Labute approximate surface area is 143 Å².